The monoisotopic (exact) mass is 385 g/mol. The number of ether oxygens (including phenoxy) is 2. The molecule has 1 aromatic carbocycles. The topological polar surface area (TPSA) is 91.7 Å². The molecule has 0 atom stereocenters. The van der Waals surface area contributed by atoms with Gasteiger partial charge in [0.2, 0.25) is 0 Å². The van der Waals surface area contributed by atoms with Crippen LogP contribution in [0.1, 0.15) is 38.2 Å². The Morgan fingerprint density at radius 3 is 2.68 bits per heavy atom. The summed E-state index contributed by atoms with van der Waals surface area (Å²) >= 11 is 0. The van der Waals surface area contributed by atoms with E-state index in [1.165, 1.54) is 13.2 Å². The molecule has 0 radical (unpaired) electrons. The van der Waals surface area contributed by atoms with Crippen molar-refractivity contribution in [1.82, 2.24) is 10.2 Å². The molecule has 1 aromatic rings. The molecule has 1 fully saturated rings. The lowest BCUT2D eigenvalue weighted by atomic mass is 10.1. The average molecular weight is 385 g/mol. The molecule has 0 bridgehead atoms. The van der Waals surface area contributed by atoms with Crippen molar-refractivity contribution in [2.75, 3.05) is 33.4 Å². The highest BCUT2D eigenvalue weighted by Crippen LogP contribution is 2.29. The van der Waals surface area contributed by atoms with Crippen molar-refractivity contribution in [3.63, 3.8) is 0 Å². The van der Waals surface area contributed by atoms with E-state index in [-0.39, 0.29) is 18.1 Å². The highest BCUT2D eigenvalue weighted by molar-refractivity contribution is 6.01. The molecule has 0 aromatic heterocycles. The van der Waals surface area contributed by atoms with Crippen LogP contribution in [-0.2, 0) is 9.59 Å². The fraction of sp³-hybridized carbons (Fsp3) is 0.476. The minimum Gasteiger partial charge on any atom is -0.493 e. The highest BCUT2D eigenvalue weighted by Gasteiger charge is 2.19. The normalized spacial score (nSPS) is 13.8. The summed E-state index contributed by atoms with van der Waals surface area (Å²) in [7, 11) is 1.50. The van der Waals surface area contributed by atoms with Crippen LogP contribution >= 0.6 is 0 Å². The number of carbonyl (C=O) groups is 2. The number of benzene rings is 1. The maximum absolute atomic E-state index is 12.1. The Morgan fingerprint density at radius 1 is 1.29 bits per heavy atom. The van der Waals surface area contributed by atoms with E-state index in [0.29, 0.717) is 23.6 Å². The number of amides is 2. The average Bonchev–Trinajstić information content (AvgIpc) is 3.25. The number of carbonyl (C=O) groups excluding carboxylic acids is 2. The largest absolute Gasteiger partial charge is 0.493 e. The van der Waals surface area contributed by atoms with Crippen LogP contribution < -0.4 is 14.8 Å². The first-order valence-electron chi connectivity index (χ1n) is 9.57. The minimum atomic E-state index is -0.397. The number of nitriles is 1. The van der Waals surface area contributed by atoms with Gasteiger partial charge in [0.05, 0.1) is 7.11 Å². The van der Waals surface area contributed by atoms with Crippen molar-refractivity contribution in [3.05, 3.63) is 29.3 Å². The zero-order chi connectivity index (χ0) is 20.4. The smallest absolute Gasteiger partial charge is 0.261 e. The van der Waals surface area contributed by atoms with Crippen LogP contribution in [0.25, 0.3) is 6.08 Å². The Labute approximate surface area is 165 Å². The molecule has 1 heterocycles. The van der Waals surface area contributed by atoms with E-state index >= 15 is 0 Å². The second-order valence-corrected chi connectivity index (χ2v) is 6.57. The van der Waals surface area contributed by atoms with Gasteiger partial charge in [0.15, 0.2) is 18.1 Å². The number of likely N-dealkylation sites (tertiary alicyclic amines) is 1. The van der Waals surface area contributed by atoms with Crippen molar-refractivity contribution >= 4 is 17.9 Å². The van der Waals surface area contributed by atoms with Crippen LogP contribution in [0.3, 0.4) is 0 Å². The van der Waals surface area contributed by atoms with Gasteiger partial charge in [0, 0.05) is 19.6 Å². The maximum atomic E-state index is 12.1. The van der Waals surface area contributed by atoms with Crippen molar-refractivity contribution in [3.8, 4) is 17.6 Å². The van der Waals surface area contributed by atoms with Crippen LogP contribution in [0.2, 0.25) is 0 Å². The van der Waals surface area contributed by atoms with Crippen molar-refractivity contribution < 1.29 is 19.1 Å². The van der Waals surface area contributed by atoms with E-state index < -0.39 is 5.91 Å². The third-order valence-electron chi connectivity index (χ3n) is 4.49. The Morgan fingerprint density at radius 2 is 2.04 bits per heavy atom. The molecule has 28 heavy (non-hydrogen) atoms. The summed E-state index contributed by atoms with van der Waals surface area (Å²) < 4.78 is 11.0. The lowest BCUT2D eigenvalue weighted by Gasteiger charge is -2.16. The summed E-state index contributed by atoms with van der Waals surface area (Å²) in [4.78, 5) is 26.0. The molecule has 7 heteroatoms. The number of nitrogens with zero attached hydrogens (tertiary/aromatic N) is 2. The molecule has 2 amide bonds. The molecule has 0 spiro atoms. The Kier molecular flexibility index (Phi) is 8.35. The lowest BCUT2D eigenvalue weighted by Crippen LogP contribution is -2.32. The molecule has 7 nitrogen and oxygen atoms in total. The molecule has 2 rings (SSSR count). The van der Waals surface area contributed by atoms with Crippen LogP contribution in [0.15, 0.2) is 23.8 Å². The number of hydrogen-bond donors (Lipinski definition) is 1. The highest BCUT2D eigenvalue weighted by atomic mass is 16.5. The number of rotatable bonds is 9. The number of hydrogen-bond acceptors (Lipinski definition) is 5. The second-order valence-electron chi connectivity index (χ2n) is 6.57. The summed E-state index contributed by atoms with van der Waals surface area (Å²) in [6.07, 6.45) is 5.39. The van der Waals surface area contributed by atoms with Crippen LogP contribution in [0.4, 0.5) is 0 Å². The van der Waals surface area contributed by atoms with Crippen molar-refractivity contribution in [1.29, 1.82) is 5.26 Å². The molecular weight excluding hydrogens is 358 g/mol. The lowest BCUT2D eigenvalue weighted by molar-refractivity contribution is -0.132. The zero-order valence-corrected chi connectivity index (χ0v) is 16.5. The summed E-state index contributed by atoms with van der Waals surface area (Å²) in [5.41, 5.74) is 0.660. The molecule has 0 unspecified atom stereocenters. The van der Waals surface area contributed by atoms with E-state index in [9.17, 15) is 14.9 Å². The Balaban J connectivity index is 2.05. The molecule has 1 N–H and O–H groups in total. The van der Waals surface area contributed by atoms with Gasteiger partial charge in [-0.3, -0.25) is 9.59 Å². The van der Waals surface area contributed by atoms with Gasteiger partial charge < -0.3 is 19.7 Å². The molecule has 0 saturated carbocycles. The Bertz CT molecular complexity index is 761. The fourth-order valence-corrected chi connectivity index (χ4v) is 2.88. The fourth-order valence-electron chi connectivity index (χ4n) is 2.88. The summed E-state index contributed by atoms with van der Waals surface area (Å²) in [6.45, 7) is 4.08. The summed E-state index contributed by atoms with van der Waals surface area (Å²) in [6, 6.07) is 6.99. The first kappa shape index (κ1) is 21.3. The number of unbranched alkanes of at least 4 members (excludes halogenated alkanes) is 1. The van der Waals surface area contributed by atoms with Gasteiger partial charge >= 0.3 is 0 Å². The minimum absolute atomic E-state index is 0.0241. The predicted octanol–water partition coefficient (Wildman–Crippen LogP) is 2.52. The maximum Gasteiger partial charge on any atom is 0.261 e. The third-order valence-corrected chi connectivity index (χ3v) is 4.49. The van der Waals surface area contributed by atoms with Gasteiger partial charge in [-0.05, 0) is 43.0 Å². The molecular formula is C21H27N3O4. The van der Waals surface area contributed by atoms with E-state index in [0.717, 1.165) is 38.8 Å². The van der Waals surface area contributed by atoms with Gasteiger partial charge in [-0.15, -0.1) is 0 Å². The second kappa shape index (κ2) is 11.0. The SMILES string of the molecule is CCCCNC(=O)/C(C#N)=C/c1ccc(OCC(=O)N2CCCC2)c(OC)c1. The molecule has 150 valence electrons. The zero-order valence-electron chi connectivity index (χ0n) is 16.5. The predicted molar refractivity (Wildman–Crippen MR) is 106 cm³/mol. The summed E-state index contributed by atoms with van der Waals surface area (Å²) in [5, 5.41) is 12.0. The van der Waals surface area contributed by atoms with Crippen LogP contribution in [0.5, 0.6) is 11.5 Å². The first-order valence-corrected chi connectivity index (χ1v) is 9.57. The number of methoxy groups -OCH3 is 1. The summed E-state index contributed by atoms with van der Waals surface area (Å²) in [5.74, 6) is 0.440. The van der Waals surface area contributed by atoms with Gasteiger partial charge in [-0.25, -0.2) is 0 Å². The molecule has 0 aliphatic carbocycles. The van der Waals surface area contributed by atoms with E-state index in [4.69, 9.17) is 9.47 Å². The van der Waals surface area contributed by atoms with Gasteiger partial charge in [0.1, 0.15) is 11.6 Å². The molecule has 1 aliphatic heterocycles. The molecule has 1 aliphatic rings. The van der Waals surface area contributed by atoms with E-state index in [1.54, 1.807) is 23.1 Å². The standard InChI is InChI=1S/C21H27N3O4/c1-3-4-9-23-21(26)17(14-22)12-16-7-8-18(19(13-16)27-2)28-15-20(25)24-10-5-6-11-24/h7-8,12-13H,3-6,9-11,15H2,1-2H3,(H,23,26)/b17-12+. The molecule has 1 saturated heterocycles. The van der Waals surface area contributed by atoms with Gasteiger partial charge in [-0.2, -0.15) is 5.26 Å². The van der Waals surface area contributed by atoms with E-state index in [2.05, 4.69) is 5.32 Å². The first-order chi connectivity index (χ1) is 13.6. The van der Waals surface area contributed by atoms with Crippen LogP contribution in [0, 0.1) is 11.3 Å². The third kappa shape index (κ3) is 6.02. The van der Waals surface area contributed by atoms with Crippen molar-refractivity contribution in [2.45, 2.75) is 32.6 Å². The van der Waals surface area contributed by atoms with Crippen molar-refractivity contribution in [2.24, 2.45) is 0 Å². The van der Waals surface area contributed by atoms with E-state index in [1.807, 2.05) is 13.0 Å². The Hall–Kier alpha value is -3.01. The van der Waals surface area contributed by atoms with Crippen LogP contribution in [-0.4, -0.2) is 50.1 Å². The van der Waals surface area contributed by atoms with Gasteiger partial charge in [0.25, 0.3) is 11.8 Å². The number of nitrogens with one attached hydrogen (secondary N) is 1. The van der Waals surface area contributed by atoms with Gasteiger partial charge in [-0.1, -0.05) is 19.4 Å². The quantitative estimate of drug-likeness (QED) is 0.401.